The third-order valence-electron chi connectivity index (χ3n) is 4.24. The number of nitrogens with one attached hydrogen (secondary N) is 2. The zero-order valence-electron chi connectivity index (χ0n) is 14.5. The van der Waals surface area contributed by atoms with Crippen molar-refractivity contribution in [1.82, 2.24) is 15.3 Å². The lowest BCUT2D eigenvalue weighted by Gasteiger charge is -2.15. The van der Waals surface area contributed by atoms with E-state index >= 15 is 0 Å². The number of carbonyl (C=O) groups excluding carboxylic acids is 1. The highest BCUT2D eigenvalue weighted by Crippen LogP contribution is 2.26. The number of aryl methyl sites for hydroxylation is 3. The van der Waals surface area contributed by atoms with E-state index in [0.29, 0.717) is 23.4 Å². The van der Waals surface area contributed by atoms with Gasteiger partial charge in [0, 0.05) is 17.8 Å². The van der Waals surface area contributed by atoms with Gasteiger partial charge in [0.05, 0.1) is 0 Å². The quantitative estimate of drug-likeness (QED) is 0.853. The van der Waals surface area contributed by atoms with Gasteiger partial charge >= 0.3 is 0 Å². The fourth-order valence-corrected chi connectivity index (χ4v) is 2.77. The lowest BCUT2D eigenvalue weighted by Crippen LogP contribution is -2.26. The Kier molecular flexibility index (Phi) is 4.79. The fourth-order valence-electron chi connectivity index (χ4n) is 2.77. The van der Waals surface area contributed by atoms with Gasteiger partial charge in [0.25, 0.3) is 5.91 Å². The summed E-state index contributed by atoms with van der Waals surface area (Å²) >= 11 is 0. The van der Waals surface area contributed by atoms with Crippen molar-refractivity contribution in [3.05, 3.63) is 46.9 Å². The maximum atomic E-state index is 12.3. The third-order valence-corrected chi connectivity index (χ3v) is 4.24. The van der Waals surface area contributed by atoms with Crippen molar-refractivity contribution in [2.24, 2.45) is 0 Å². The lowest BCUT2D eigenvalue weighted by atomic mass is 10.0. The van der Waals surface area contributed by atoms with Crippen molar-refractivity contribution < 1.29 is 4.79 Å². The molecular formula is C19H24N4O. The molecule has 1 heterocycles. The zero-order valence-corrected chi connectivity index (χ0v) is 14.5. The van der Waals surface area contributed by atoms with Crippen LogP contribution >= 0.6 is 0 Å². The molecule has 24 heavy (non-hydrogen) atoms. The summed E-state index contributed by atoms with van der Waals surface area (Å²) in [4.78, 5) is 21.0. The van der Waals surface area contributed by atoms with Gasteiger partial charge in [-0.2, -0.15) is 0 Å². The molecule has 0 bridgehead atoms. The maximum absolute atomic E-state index is 12.3. The van der Waals surface area contributed by atoms with Gasteiger partial charge in [-0.1, -0.05) is 32.0 Å². The first-order chi connectivity index (χ1) is 11.6. The molecule has 1 aliphatic carbocycles. The van der Waals surface area contributed by atoms with Crippen molar-refractivity contribution in [2.45, 2.75) is 52.5 Å². The molecule has 1 fully saturated rings. The van der Waals surface area contributed by atoms with Crippen LogP contribution in [0.5, 0.6) is 0 Å². The summed E-state index contributed by atoms with van der Waals surface area (Å²) < 4.78 is 0. The molecule has 126 valence electrons. The number of para-hydroxylation sites is 1. The van der Waals surface area contributed by atoms with Crippen LogP contribution in [0.25, 0.3) is 0 Å². The number of anilines is 2. The predicted molar refractivity (Wildman–Crippen MR) is 95.7 cm³/mol. The van der Waals surface area contributed by atoms with Crippen LogP contribution in [0.1, 0.15) is 54.1 Å². The Hall–Kier alpha value is -2.43. The van der Waals surface area contributed by atoms with E-state index in [1.807, 2.05) is 6.92 Å². The predicted octanol–water partition coefficient (Wildman–Crippen LogP) is 3.55. The normalized spacial score (nSPS) is 13.6. The highest BCUT2D eigenvalue weighted by atomic mass is 16.2. The third kappa shape index (κ3) is 3.72. The monoisotopic (exact) mass is 324 g/mol. The van der Waals surface area contributed by atoms with E-state index in [0.717, 1.165) is 31.4 Å². The first kappa shape index (κ1) is 16.4. The van der Waals surface area contributed by atoms with E-state index in [2.05, 4.69) is 52.6 Å². The molecule has 0 aliphatic heterocycles. The molecule has 0 unspecified atom stereocenters. The Morgan fingerprint density at radius 1 is 1.17 bits per heavy atom. The number of rotatable bonds is 6. The van der Waals surface area contributed by atoms with Crippen LogP contribution in [0.3, 0.4) is 0 Å². The molecule has 1 aliphatic rings. The van der Waals surface area contributed by atoms with Gasteiger partial charge in [-0.05, 0) is 43.7 Å². The van der Waals surface area contributed by atoms with E-state index in [1.54, 1.807) is 6.07 Å². The zero-order chi connectivity index (χ0) is 17.1. The first-order valence-corrected chi connectivity index (χ1v) is 8.65. The number of carbonyl (C=O) groups is 1. The van der Waals surface area contributed by atoms with E-state index < -0.39 is 0 Å². The molecule has 0 radical (unpaired) electrons. The lowest BCUT2D eigenvalue weighted by molar-refractivity contribution is 0.0945. The summed E-state index contributed by atoms with van der Waals surface area (Å²) in [6, 6.07) is 8.38. The van der Waals surface area contributed by atoms with E-state index in [-0.39, 0.29) is 5.91 Å². The van der Waals surface area contributed by atoms with Gasteiger partial charge in [0.1, 0.15) is 17.3 Å². The average Bonchev–Trinajstić information content (AvgIpc) is 3.38. The van der Waals surface area contributed by atoms with E-state index in [4.69, 9.17) is 0 Å². The number of amides is 1. The van der Waals surface area contributed by atoms with Crippen molar-refractivity contribution in [1.29, 1.82) is 0 Å². The van der Waals surface area contributed by atoms with Gasteiger partial charge in [0.15, 0.2) is 0 Å². The minimum Gasteiger partial charge on any atom is -0.348 e. The van der Waals surface area contributed by atoms with Crippen molar-refractivity contribution in [3.63, 3.8) is 0 Å². The van der Waals surface area contributed by atoms with Crippen LogP contribution in [-0.2, 0) is 12.8 Å². The van der Waals surface area contributed by atoms with Gasteiger partial charge in [0.2, 0.25) is 0 Å². The number of benzene rings is 1. The van der Waals surface area contributed by atoms with Crippen LogP contribution in [0, 0.1) is 6.92 Å². The second kappa shape index (κ2) is 6.99. The summed E-state index contributed by atoms with van der Waals surface area (Å²) in [5.74, 6) is 1.14. The fraction of sp³-hybridized carbons (Fsp3) is 0.421. The first-order valence-electron chi connectivity index (χ1n) is 8.65. The Bertz CT molecular complexity index is 731. The smallest absolute Gasteiger partial charge is 0.270 e. The number of aromatic nitrogens is 2. The molecule has 2 aromatic rings. The molecule has 0 saturated heterocycles. The number of hydrogen-bond donors (Lipinski definition) is 2. The van der Waals surface area contributed by atoms with Gasteiger partial charge in [-0.3, -0.25) is 4.79 Å². The Morgan fingerprint density at radius 3 is 2.42 bits per heavy atom. The van der Waals surface area contributed by atoms with Crippen LogP contribution in [-0.4, -0.2) is 21.9 Å². The number of nitrogens with zero attached hydrogens (tertiary/aromatic N) is 2. The minimum atomic E-state index is -0.120. The van der Waals surface area contributed by atoms with Crippen LogP contribution in [0.2, 0.25) is 0 Å². The van der Waals surface area contributed by atoms with Crippen molar-refractivity contribution >= 4 is 17.4 Å². The van der Waals surface area contributed by atoms with Crippen LogP contribution in [0.4, 0.5) is 11.5 Å². The molecule has 1 aromatic carbocycles. The summed E-state index contributed by atoms with van der Waals surface area (Å²) in [6.07, 6.45) is 4.00. The van der Waals surface area contributed by atoms with E-state index in [9.17, 15) is 4.79 Å². The molecule has 1 saturated carbocycles. The molecule has 1 amide bonds. The van der Waals surface area contributed by atoms with Gasteiger partial charge in [-0.15, -0.1) is 0 Å². The van der Waals surface area contributed by atoms with Gasteiger partial charge < -0.3 is 10.6 Å². The number of hydrogen-bond acceptors (Lipinski definition) is 4. The largest absolute Gasteiger partial charge is 0.348 e. The summed E-state index contributed by atoms with van der Waals surface area (Å²) in [6.45, 7) is 6.09. The molecular weight excluding hydrogens is 300 g/mol. The second-order valence-corrected chi connectivity index (χ2v) is 6.22. The van der Waals surface area contributed by atoms with Gasteiger partial charge in [-0.25, -0.2) is 9.97 Å². The standard InChI is InChI=1S/C19H24N4O/c1-4-13-7-6-8-14(5-2)18(13)23-17-11-16(20-12(3)21-17)19(24)22-15-9-10-15/h6-8,11,15H,4-5,9-10H2,1-3H3,(H,22,24)(H,20,21,23). The SMILES string of the molecule is CCc1cccc(CC)c1Nc1cc(C(=O)NC2CC2)nc(C)n1. The van der Waals surface area contributed by atoms with Crippen LogP contribution < -0.4 is 10.6 Å². The highest BCUT2D eigenvalue weighted by Gasteiger charge is 2.24. The van der Waals surface area contributed by atoms with Crippen molar-refractivity contribution in [3.8, 4) is 0 Å². The minimum absolute atomic E-state index is 0.120. The highest BCUT2D eigenvalue weighted by molar-refractivity contribution is 5.93. The van der Waals surface area contributed by atoms with E-state index in [1.165, 1.54) is 11.1 Å². The molecule has 0 spiro atoms. The topological polar surface area (TPSA) is 66.9 Å². The molecule has 3 rings (SSSR count). The molecule has 5 nitrogen and oxygen atoms in total. The second-order valence-electron chi connectivity index (χ2n) is 6.22. The molecule has 1 aromatic heterocycles. The summed E-state index contributed by atoms with van der Waals surface area (Å²) in [5, 5.41) is 6.39. The van der Waals surface area contributed by atoms with Crippen molar-refractivity contribution in [2.75, 3.05) is 5.32 Å². The average molecular weight is 324 g/mol. The Balaban J connectivity index is 1.90. The Labute approximate surface area is 142 Å². The molecule has 5 heteroatoms. The maximum Gasteiger partial charge on any atom is 0.270 e. The summed E-state index contributed by atoms with van der Waals surface area (Å²) in [7, 11) is 0. The van der Waals surface area contributed by atoms with Crippen LogP contribution in [0.15, 0.2) is 24.3 Å². The Morgan fingerprint density at radius 2 is 1.83 bits per heavy atom. The molecule has 0 atom stereocenters. The summed E-state index contributed by atoms with van der Waals surface area (Å²) in [5.41, 5.74) is 4.00. The molecule has 2 N–H and O–H groups in total.